The number of hydrogen-bond acceptors (Lipinski definition) is 2. The number of rotatable bonds is 5. The lowest BCUT2D eigenvalue weighted by Crippen LogP contribution is -2.07. The first-order valence-corrected chi connectivity index (χ1v) is 21.8. The molecular weight excluding hydrogens is 781 g/mol. The summed E-state index contributed by atoms with van der Waals surface area (Å²) < 4.78 is 9.32. The second-order valence-corrected chi connectivity index (χ2v) is 16.6. The molecule has 0 radical (unpaired) electrons. The SMILES string of the molecule is c1ccc2c(c1)c1ccccc1n2-c1cc(-c2ccc(-n3c4ccccc4c4ccccc43)nc2-n2c3ccccc3c3ccccc32)cc(-n2c3ccccc3c3ccccc32)n1. The Bertz CT molecular complexity index is 3870. The van der Waals surface area contributed by atoms with Crippen molar-refractivity contribution in [1.29, 1.82) is 0 Å². The highest BCUT2D eigenvalue weighted by molar-refractivity contribution is 6.12. The van der Waals surface area contributed by atoms with E-state index in [1.807, 2.05) is 0 Å². The zero-order valence-electron chi connectivity index (χ0n) is 34.5. The molecule has 6 heterocycles. The van der Waals surface area contributed by atoms with Crippen molar-refractivity contribution in [3.63, 3.8) is 0 Å². The molecule has 14 rings (SSSR count). The number of nitrogens with zero attached hydrogens (tertiary/aromatic N) is 6. The van der Waals surface area contributed by atoms with Gasteiger partial charge in [-0.05, 0) is 78.4 Å². The van der Waals surface area contributed by atoms with E-state index in [0.29, 0.717) is 0 Å². The maximum Gasteiger partial charge on any atom is 0.148 e. The maximum absolute atomic E-state index is 5.81. The van der Waals surface area contributed by atoms with Gasteiger partial charge in [-0.15, -0.1) is 0 Å². The fraction of sp³-hybridized carbons (Fsp3) is 0. The summed E-state index contributed by atoms with van der Waals surface area (Å²) in [5.74, 6) is 3.33. The molecule has 6 nitrogen and oxygen atoms in total. The van der Waals surface area contributed by atoms with Gasteiger partial charge < -0.3 is 0 Å². The number of pyridine rings is 2. The minimum Gasteiger partial charge on any atom is -0.294 e. The first-order chi connectivity index (χ1) is 31.8. The quantitative estimate of drug-likeness (QED) is 0.174. The van der Waals surface area contributed by atoms with Crippen LogP contribution in [0.25, 0.3) is 122 Å². The fourth-order valence-electron chi connectivity index (χ4n) is 10.5. The van der Waals surface area contributed by atoms with Crippen molar-refractivity contribution in [3.05, 3.63) is 218 Å². The van der Waals surface area contributed by atoms with Crippen LogP contribution < -0.4 is 0 Å². The molecule has 6 aromatic heterocycles. The number of benzene rings is 8. The molecule has 0 bridgehead atoms. The van der Waals surface area contributed by atoms with Crippen LogP contribution in [0.2, 0.25) is 0 Å². The lowest BCUT2D eigenvalue weighted by molar-refractivity contribution is 1.00. The van der Waals surface area contributed by atoms with Crippen molar-refractivity contribution in [2.75, 3.05) is 0 Å². The van der Waals surface area contributed by atoms with E-state index >= 15 is 0 Å². The Morgan fingerprint density at radius 3 is 0.812 bits per heavy atom. The highest BCUT2D eigenvalue weighted by Crippen LogP contribution is 2.41. The third-order valence-electron chi connectivity index (χ3n) is 13.2. The molecule has 0 atom stereocenters. The molecule has 0 N–H and O–H groups in total. The van der Waals surface area contributed by atoms with Gasteiger partial charge in [0.25, 0.3) is 0 Å². The molecule has 0 aliphatic carbocycles. The van der Waals surface area contributed by atoms with Gasteiger partial charge in [0.15, 0.2) is 0 Å². The van der Waals surface area contributed by atoms with Crippen LogP contribution in [0, 0.1) is 0 Å². The van der Waals surface area contributed by atoms with Crippen LogP contribution in [0.5, 0.6) is 0 Å². The van der Waals surface area contributed by atoms with E-state index in [-0.39, 0.29) is 0 Å². The first-order valence-electron chi connectivity index (χ1n) is 21.8. The minimum absolute atomic E-state index is 0.825. The minimum atomic E-state index is 0.825. The van der Waals surface area contributed by atoms with Gasteiger partial charge in [0, 0.05) is 48.7 Å². The summed E-state index contributed by atoms with van der Waals surface area (Å²) in [6.07, 6.45) is 0. The van der Waals surface area contributed by atoms with Crippen molar-refractivity contribution >= 4 is 87.2 Å². The van der Waals surface area contributed by atoms with E-state index in [2.05, 4.69) is 237 Å². The molecule has 298 valence electrons. The van der Waals surface area contributed by atoms with Crippen LogP contribution in [-0.4, -0.2) is 28.2 Å². The van der Waals surface area contributed by atoms with Crippen molar-refractivity contribution in [1.82, 2.24) is 28.2 Å². The van der Waals surface area contributed by atoms with E-state index in [4.69, 9.17) is 9.97 Å². The molecule has 6 heteroatoms. The van der Waals surface area contributed by atoms with Crippen LogP contribution in [0.1, 0.15) is 0 Å². The number of fused-ring (bicyclic) bond motifs is 12. The first kappa shape index (κ1) is 34.9. The van der Waals surface area contributed by atoms with Gasteiger partial charge in [-0.25, -0.2) is 9.97 Å². The Morgan fingerprint density at radius 1 is 0.234 bits per heavy atom. The van der Waals surface area contributed by atoms with Gasteiger partial charge in [-0.2, -0.15) is 0 Å². The summed E-state index contributed by atoms with van der Waals surface area (Å²) in [7, 11) is 0. The largest absolute Gasteiger partial charge is 0.294 e. The molecule has 64 heavy (non-hydrogen) atoms. The van der Waals surface area contributed by atoms with Gasteiger partial charge in [0.2, 0.25) is 0 Å². The third kappa shape index (κ3) is 4.90. The van der Waals surface area contributed by atoms with Crippen LogP contribution in [0.4, 0.5) is 0 Å². The standard InChI is InChI=1S/C58H36N6/c1-9-25-47-39(17-1)40-18-2-10-26-48(40)61(47)55-34-33-38(58(60-55)64-53-31-15-7-23-45(53)46-24-8-16-32-54(46)64)37-35-56(62-49-27-11-3-19-41(49)42-20-4-12-28-50(42)62)59-57(36-37)63-51-29-13-5-21-43(51)44-22-6-14-30-52(44)63/h1-36H. The highest BCUT2D eigenvalue weighted by Gasteiger charge is 2.23. The summed E-state index contributed by atoms with van der Waals surface area (Å²) in [5, 5.41) is 9.50. The predicted octanol–water partition coefficient (Wildman–Crippen LogP) is 14.5. The Kier molecular flexibility index (Phi) is 7.30. The maximum atomic E-state index is 5.81. The molecule has 0 unspecified atom stereocenters. The normalized spacial score (nSPS) is 12.1. The molecule has 0 spiro atoms. The summed E-state index contributed by atoms with van der Waals surface area (Å²) in [6.45, 7) is 0. The zero-order valence-corrected chi connectivity index (χ0v) is 34.5. The van der Waals surface area contributed by atoms with Gasteiger partial charge >= 0.3 is 0 Å². The predicted molar refractivity (Wildman–Crippen MR) is 265 cm³/mol. The fourth-order valence-corrected chi connectivity index (χ4v) is 10.5. The smallest absolute Gasteiger partial charge is 0.148 e. The molecule has 0 fully saturated rings. The monoisotopic (exact) mass is 816 g/mol. The Labute approximate surface area is 366 Å². The molecule has 14 aromatic rings. The van der Waals surface area contributed by atoms with Crippen molar-refractivity contribution in [2.24, 2.45) is 0 Å². The van der Waals surface area contributed by atoms with Crippen molar-refractivity contribution in [3.8, 4) is 34.4 Å². The van der Waals surface area contributed by atoms with Crippen molar-refractivity contribution < 1.29 is 0 Å². The lowest BCUT2D eigenvalue weighted by atomic mass is 10.1. The van der Waals surface area contributed by atoms with Gasteiger partial charge in [-0.3, -0.25) is 18.3 Å². The Morgan fingerprint density at radius 2 is 0.500 bits per heavy atom. The third-order valence-corrected chi connectivity index (χ3v) is 13.2. The second-order valence-electron chi connectivity index (χ2n) is 16.6. The summed E-state index contributed by atoms with van der Waals surface area (Å²) in [5.41, 5.74) is 10.8. The van der Waals surface area contributed by atoms with Gasteiger partial charge in [0.1, 0.15) is 23.3 Å². The average molecular weight is 817 g/mol. The average Bonchev–Trinajstić information content (AvgIpc) is 4.09. The molecule has 0 aliphatic rings. The molecule has 0 saturated carbocycles. The molecule has 0 saturated heterocycles. The summed E-state index contributed by atoms with van der Waals surface area (Å²) in [4.78, 5) is 11.5. The molecular formula is C58H36N6. The second kappa shape index (κ2) is 13.4. The lowest BCUT2D eigenvalue weighted by Gasteiger charge is -2.18. The number of hydrogen-bond donors (Lipinski definition) is 0. The van der Waals surface area contributed by atoms with Crippen LogP contribution in [0.15, 0.2) is 218 Å². The van der Waals surface area contributed by atoms with Crippen LogP contribution >= 0.6 is 0 Å². The summed E-state index contributed by atoms with van der Waals surface area (Å²) in [6, 6.07) is 78.2. The van der Waals surface area contributed by atoms with Gasteiger partial charge in [0.05, 0.1) is 44.1 Å². The summed E-state index contributed by atoms with van der Waals surface area (Å²) >= 11 is 0. The van der Waals surface area contributed by atoms with E-state index < -0.39 is 0 Å². The van der Waals surface area contributed by atoms with E-state index in [1.54, 1.807) is 0 Å². The van der Waals surface area contributed by atoms with E-state index in [9.17, 15) is 0 Å². The van der Waals surface area contributed by atoms with E-state index in [1.165, 1.54) is 43.1 Å². The van der Waals surface area contributed by atoms with E-state index in [0.717, 1.165) is 78.5 Å². The van der Waals surface area contributed by atoms with Gasteiger partial charge in [-0.1, -0.05) is 146 Å². The zero-order chi connectivity index (χ0) is 41.9. The molecule has 8 aromatic carbocycles. The molecule has 0 amide bonds. The Hall–Kier alpha value is -8.74. The highest BCUT2D eigenvalue weighted by atomic mass is 15.2. The number of para-hydroxylation sites is 8. The molecule has 0 aliphatic heterocycles. The van der Waals surface area contributed by atoms with Crippen molar-refractivity contribution in [2.45, 2.75) is 0 Å². The topological polar surface area (TPSA) is 45.5 Å². The Balaban J connectivity index is 1.13. The number of aromatic nitrogens is 6. The van der Waals surface area contributed by atoms with Crippen LogP contribution in [-0.2, 0) is 0 Å². The van der Waals surface area contributed by atoms with Crippen LogP contribution in [0.3, 0.4) is 0 Å².